The van der Waals surface area contributed by atoms with E-state index in [0.29, 0.717) is 17.0 Å². The quantitative estimate of drug-likeness (QED) is 0.638. The molecule has 1 fully saturated rings. The zero-order valence-electron chi connectivity index (χ0n) is 17.7. The smallest absolute Gasteiger partial charge is 0.325 e. The summed E-state index contributed by atoms with van der Waals surface area (Å²) in [6, 6.07) is 10.6. The molecule has 9 nitrogen and oxygen atoms in total. The van der Waals surface area contributed by atoms with Crippen LogP contribution in [0, 0.1) is 13.8 Å². The normalized spacial score (nSPS) is 17.9. The van der Waals surface area contributed by atoms with Gasteiger partial charge in [0.2, 0.25) is 5.91 Å². The Morgan fingerprint density at radius 2 is 1.77 bits per heavy atom. The van der Waals surface area contributed by atoms with Gasteiger partial charge in [0.1, 0.15) is 17.8 Å². The zero-order chi connectivity index (χ0) is 22.8. The molecule has 2 aromatic carbocycles. The maximum Gasteiger partial charge on any atom is 0.325 e. The van der Waals surface area contributed by atoms with Crippen LogP contribution in [-0.4, -0.2) is 42.4 Å². The molecule has 1 aliphatic heterocycles. The number of methoxy groups -OCH3 is 1. The molecule has 3 rings (SSSR count). The van der Waals surface area contributed by atoms with Crippen LogP contribution in [0.3, 0.4) is 0 Å². The fourth-order valence-corrected chi connectivity index (χ4v) is 3.31. The van der Waals surface area contributed by atoms with Gasteiger partial charge in [0.05, 0.1) is 7.11 Å². The van der Waals surface area contributed by atoms with Crippen LogP contribution in [0.15, 0.2) is 42.5 Å². The Bertz CT molecular complexity index is 1050. The highest BCUT2D eigenvalue weighted by Crippen LogP contribution is 2.29. The van der Waals surface area contributed by atoms with Crippen molar-refractivity contribution in [3.63, 3.8) is 0 Å². The predicted octanol–water partition coefficient (Wildman–Crippen LogP) is 2.43. The lowest BCUT2D eigenvalue weighted by molar-refractivity contribution is -0.134. The molecule has 1 unspecified atom stereocenters. The largest absolute Gasteiger partial charge is 0.497 e. The van der Waals surface area contributed by atoms with E-state index in [1.807, 2.05) is 19.9 Å². The molecule has 1 heterocycles. The van der Waals surface area contributed by atoms with Crippen LogP contribution in [0.5, 0.6) is 5.75 Å². The van der Waals surface area contributed by atoms with Gasteiger partial charge >= 0.3 is 12.1 Å². The van der Waals surface area contributed by atoms with Crippen LogP contribution < -0.4 is 20.7 Å². The third-order valence-corrected chi connectivity index (χ3v) is 5.35. The summed E-state index contributed by atoms with van der Waals surface area (Å²) in [5.74, 6) is -0.770. The minimum Gasteiger partial charge on any atom is -0.497 e. The van der Waals surface area contributed by atoms with Crippen LogP contribution in [0.25, 0.3) is 0 Å². The van der Waals surface area contributed by atoms with Crippen LogP contribution in [0.4, 0.5) is 15.3 Å². The second-order valence-corrected chi connectivity index (χ2v) is 7.42. The number of benzene rings is 2. The standard InChI is InChI=1S/C22H24N4O5/c1-13-6-5-7-17(14(13)2)23-20(29)24-18(27)12-26-19(28)22(3,25-21(26)30)15-8-10-16(31-4)11-9-15/h5-11H,12H2,1-4H3,(H,25,30)(H2,23,24,27,29). The number of rotatable bonds is 5. The molecule has 0 saturated carbocycles. The van der Waals surface area contributed by atoms with E-state index in [-0.39, 0.29) is 0 Å². The minimum atomic E-state index is -1.33. The zero-order valence-corrected chi connectivity index (χ0v) is 17.7. The van der Waals surface area contributed by atoms with E-state index in [4.69, 9.17) is 4.74 Å². The number of imide groups is 2. The first-order chi connectivity index (χ1) is 14.7. The Hall–Kier alpha value is -3.88. The third-order valence-electron chi connectivity index (χ3n) is 5.35. The molecule has 1 aliphatic rings. The molecule has 9 heteroatoms. The van der Waals surface area contributed by atoms with Gasteiger partial charge in [-0.1, -0.05) is 24.3 Å². The van der Waals surface area contributed by atoms with E-state index in [1.165, 1.54) is 7.11 Å². The van der Waals surface area contributed by atoms with E-state index in [9.17, 15) is 19.2 Å². The van der Waals surface area contributed by atoms with Crippen LogP contribution >= 0.6 is 0 Å². The van der Waals surface area contributed by atoms with Crippen molar-refractivity contribution in [2.24, 2.45) is 0 Å². The Balaban J connectivity index is 1.65. The fourth-order valence-electron chi connectivity index (χ4n) is 3.31. The topological polar surface area (TPSA) is 117 Å². The molecule has 0 radical (unpaired) electrons. The molecule has 6 amide bonds. The highest BCUT2D eigenvalue weighted by Gasteiger charge is 2.49. The molecule has 3 N–H and O–H groups in total. The van der Waals surface area contributed by atoms with Crippen molar-refractivity contribution in [1.82, 2.24) is 15.5 Å². The summed E-state index contributed by atoms with van der Waals surface area (Å²) in [5, 5.41) is 7.35. The van der Waals surface area contributed by atoms with E-state index >= 15 is 0 Å². The monoisotopic (exact) mass is 424 g/mol. The molecule has 31 heavy (non-hydrogen) atoms. The molecule has 1 saturated heterocycles. The predicted molar refractivity (Wildman–Crippen MR) is 114 cm³/mol. The van der Waals surface area contributed by atoms with E-state index in [1.54, 1.807) is 43.3 Å². The maximum atomic E-state index is 12.9. The first-order valence-electron chi connectivity index (χ1n) is 9.61. The summed E-state index contributed by atoms with van der Waals surface area (Å²) in [6.45, 7) is 4.72. The molecule has 2 aromatic rings. The summed E-state index contributed by atoms with van der Waals surface area (Å²) in [5.41, 5.74) is 1.63. The summed E-state index contributed by atoms with van der Waals surface area (Å²) in [6.07, 6.45) is 0. The van der Waals surface area contributed by atoms with E-state index in [2.05, 4.69) is 16.0 Å². The van der Waals surface area contributed by atoms with Crippen molar-refractivity contribution in [3.8, 4) is 5.75 Å². The van der Waals surface area contributed by atoms with Gasteiger partial charge < -0.3 is 15.4 Å². The number of amides is 6. The molecule has 0 bridgehead atoms. The van der Waals surface area contributed by atoms with Gasteiger partial charge in [0.15, 0.2) is 0 Å². The number of nitrogens with one attached hydrogen (secondary N) is 3. The van der Waals surface area contributed by atoms with Crippen molar-refractivity contribution in [3.05, 3.63) is 59.2 Å². The summed E-state index contributed by atoms with van der Waals surface area (Å²) >= 11 is 0. The average molecular weight is 424 g/mol. The number of carbonyl (C=O) groups excluding carboxylic acids is 4. The average Bonchev–Trinajstić information content (AvgIpc) is 2.95. The molecule has 0 spiro atoms. The van der Waals surface area contributed by atoms with Crippen molar-refractivity contribution in [2.45, 2.75) is 26.3 Å². The second-order valence-electron chi connectivity index (χ2n) is 7.42. The second kappa shape index (κ2) is 8.47. The summed E-state index contributed by atoms with van der Waals surface area (Å²) < 4.78 is 5.11. The number of carbonyl (C=O) groups is 4. The van der Waals surface area contributed by atoms with Crippen molar-refractivity contribution >= 4 is 29.6 Å². The lowest BCUT2D eigenvalue weighted by Crippen LogP contribution is -2.45. The van der Waals surface area contributed by atoms with Gasteiger partial charge in [-0.15, -0.1) is 0 Å². The fraction of sp³-hybridized carbons (Fsp3) is 0.273. The molecule has 162 valence electrons. The Morgan fingerprint density at radius 1 is 1.10 bits per heavy atom. The Kier molecular flexibility index (Phi) is 5.96. The van der Waals surface area contributed by atoms with Gasteiger partial charge in [-0.25, -0.2) is 9.59 Å². The lowest BCUT2D eigenvalue weighted by atomic mass is 9.92. The third kappa shape index (κ3) is 4.35. The molecule has 0 aliphatic carbocycles. The number of anilines is 1. The van der Waals surface area contributed by atoms with E-state index in [0.717, 1.165) is 16.0 Å². The SMILES string of the molecule is COc1ccc(C2(C)NC(=O)N(CC(=O)NC(=O)Nc3cccc(C)c3C)C2=O)cc1. The summed E-state index contributed by atoms with van der Waals surface area (Å²) in [4.78, 5) is 50.6. The van der Waals surface area contributed by atoms with Gasteiger partial charge in [-0.3, -0.25) is 19.8 Å². The van der Waals surface area contributed by atoms with Crippen LogP contribution in [-0.2, 0) is 15.1 Å². The number of nitrogens with zero attached hydrogens (tertiary/aromatic N) is 1. The highest BCUT2D eigenvalue weighted by atomic mass is 16.5. The number of ether oxygens (including phenoxy) is 1. The number of hydrogen-bond acceptors (Lipinski definition) is 5. The summed E-state index contributed by atoms with van der Waals surface area (Å²) in [7, 11) is 1.52. The minimum absolute atomic E-state index is 0.544. The Morgan fingerprint density at radius 3 is 2.42 bits per heavy atom. The van der Waals surface area contributed by atoms with Crippen LogP contribution in [0.1, 0.15) is 23.6 Å². The van der Waals surface area contributed by atoms with Crippen molar-refractivity contribution < 1.29 is 23.9 Å². The van der Waals surface area contributed by atoms with Crippen molar-refractivity contribution in [2.75, 3.05) is 19.0 Å². The molecule has 0 aromatic heterocycles. The van der Waals surface area contributed by atoms with Crippen LogP contribution in [0.2, 0.25) is 0 Å². The molecular weight excluding hydrogens is 400 g/mol. The Labute approximate surface area is 179 Å². The lowest BCUT2D eigenvalue weighted by Gasteiger charge is -2.22. The van der Waals surface area contributed by atoms with Gasteiger partial charge in [-0.05, 0) is 55.7 Å². The van der Waals surface area contributed by atoms with Gasteiger partial charge in [0.25, 0.3) is 5.91 Å². The van der Waals surface area contributed by atoms with Gasteiger partial charge in [0, 0.05) is 5.69 Å². The first kappa shape index (κ1) is 21.8. The number of aryl methyl sites for hydroxylation is 1. The van der Waals surface area contributed by atoms with Crippen molar-refractivity contribution in [1.29, 1.82) is 0 Å². The first-order valence-corrected chi connectivity index (χ1v) is 9.61. The molecule has 1 atom stereocenters. The number of hydrogen-bond donors (Lipinski definition) is 3. The molecular formula is C22H24N4O5. The van der Waals surface area contributed by atoms with Gasteiger partial charge in [-0.2, -0.15) is 0 Å². The maximum absolute atomic E-state index is 12.9. The van der Waals surface area contributed by atoms with E-state index < -0.39 is 36.0 Å². The number of urea groups is 2. The highest BCUT2D eigenvalue weighted by molar-refractivity contribution is 6.10.